The second kappa shape index (κ2) is 6.14. The van der Waals surface area contributed by atoms with Crippen molar-refractivity contribution in [2.45, 2.75) is 27.2 Å². The number of carbonyl (C=O) groups is 1. The number of aromatic nitrogens is 2. The fraction of sp³-hybridized carbons (Fsp3) is 0.250. The number of hydrogen-bond acceptors (Lipinski definition) is 2. The summed E-state index contributed by atoms with van der Waals surface area (Å²) in [5, 5.41) is 13.7. The molecule has 0 aliphatic heterocycles. The summed E-state index contributed by atoms with van der Waals surface area (Å²) >= 11 is 6.21. The Bertz CT molecular complexity index is 717. The molecule has 0 aliphatic rings. The van der Waals surface area contributed by atoms with Gasteiger partial charge in [-0.2, -0.15) is 5.10 Å². The smallest absolute Gasteiger partial charge is 0.328 e. The van der Waals surface area contributed by atoms with Crippen LogP contribution in [0.15, 0.2) is 24.3 Å². The number of carboxylic acids is 1. The third-order valence-electron chi connectivity index (χ3n) is 3.43. The topological polar surface area (TPSA) is 55.1 Å². The van der Waals surface area contributed by atoms with Crippen molar-refractivity contribution < 1.29 is 9.90 Å². The van der Waals surface area contributed by atoms with Gasteiger partial charge in [-0.05, 0) is 49.6 Å². The molecule has 0 spiro atoms. The number of carboxylic acid groups (broad SMARTS) is 1. The van der Waals surface area contributed by atoms with Crippen molar-refractivity contribution in [3.63, 3.8) is 0 Å². The second-order valence-corrected chi connectivity index (χ2v) is 5.20. The van der Waals surface area contributed by atoms with Gasteiger partial charge >= 0.3 is 5.97 Å². The van der Waals surface area contributed by atoms with Crippen LogP contribution in [0.2, 0.25) is 5.02 Å². The molecular weight excluding hydrogens is 288 g/mol. The van der Waals surface area contributed by atoms with Gasteiger partial charge in [-0.15, -0.1) is 0 Å². The first-order chi connectivity index (χ1) is 9.93. The number of nitrogens with zero attached hydrogens (tertiary/aromatic N) is 2. The number of aryl methyl sites for hydroxylation is 1. The molecule has 1 aromatic heterocycles. The third-order valence-corrected chi connectivity index (χ3v) is 3.76. The third kappa shape index (κ3) is 3.16. The molecule has 2 aromatic rings. The zero-order valence-corrected chi connectivity index (χ0v) is 13.0. The lowest BCUT2D eigenvalue weighted by atomic mass is 10.1. The Morgan fingerprint density at radius 3 is 2.67 bits per heavy atom. The molecule has 21 heavy (non-hydrogen) atoms. The first-order valence-electron chi connectivity index (χ1n) is 6.70. The number of benzene rings is 1. The Morgan fingerprint density at radius 1 is 1.43 bits per heavy atom. The second-order valence-electron chi connectivity index (χ2n) is 4.79. The quantitative estimate of drug-likeness (QED) is 0.874. The van der Waals surface area contributed by atoms with Crippen LogP contribution in [0.4, 0.5) is 0 Å². The molecule has 1 aromatic carbocycles. The van der Waals surface area contributed by atoms with Crippen LogP contribution in [0.1, 0.15) is 29.4 Å². The van der Waals surface area contributed by atoms with Gasteiger partial charge in [0.15, 0.2) is 0 Å². The highest BCUT2D eigenvalue weighted by molar-refractivity contribution is 6.32. The number of halogens is 1. The number of hydrogen-bond donors (Lipinski definition) is 1. The van der Waals surface area contributed by atoms with E-state index in [-0.39, 0.29) is 0 Å². The molecule has 0 atom stereocenters. The van der Waals surface area contributed by atoms with Crippen molar-refractivity contribution in [2.75, 3.05) is 0 Å². The van der Waals surface area contributed by atoms with E-state index in [9.17, 15) is 4.79 Å². The van der Waals surface area contributed by atoms with Gasteiger partial charge in [0.2, 0.25) is 0 Å². The van der Waals surface area contributed by atoms with Gasteiger partial charge in [-0.1, -0.05) is 24.6 Å². The van der Waals surface area contributed by atoms with Crippen molar-refractivity contribution in [2.24, 2.45) is 0 Å². The van der Waals surface area contributed by atoms with E-state index in [2.05, 4.69) is 12.0 Å². The van der Waals surface area contributed by atoms with Crippen LogP contribution in [0.25, 0.3) is 11.8 Å². The standard InChI is InChI=1S/C16H17ClN2O2/c1-4-14-10(2)18-19(11(14)3)13-7-5-12(15(17)9-13)6-8-16(20)21/h5-9H,4H2,1-3H3,(H,20,21)/b8-6+. The first-order valence-corrected chi connectivity index (χ1v) is 7.07. The normalized spacial score (nSPS) is 11.2. The van der Waals surface area contributed by atoms with Gasteiger partial charge in [-0.25, -0.2) is 9.48 Å². The van der Waals surface area contributed by atoms with Gasteiger partial charge in [0.1, 0.15) is 0 Å². The van der Waals surface area contributed by atoms with Crippen molar-refractivity contribution >= 4 is 23.6 Å². The molecule has 0 amide bonds. The molecule has 1 N–H and O–H groups in total. The van der Waals surface area contributed by atoms with Gasteiger partial charge < -0.3 is 5.11 Å². The van der Waals surface area contributed by atoms with E-state index in [1.54, 1.807) is 12.1 Å². The summed E-state index contributed by atoms with van der Waals surface area (Å²) in [7, 11) is 0. The van der Waals surface area contributed by atoms with E-state index in [1.165, 1.54) is 11.6 Å². The summed E-state index contributed by atoms with van der Waals surface area (Å²) in [5.41, 5.74) is 4.88. The van der Waals surface area contributed by atoms with E-state index >= 15 is 0 Å². The van der Waals surface area contributed by atoms with Crippen molar-refractivity contribution in [3.05, 3.63) is 51.8 Å². The molecule has 0 saturated carbocycles. The van der Waals surface area contributed by atoms with Crippen LogP contribution < -0.4 is 0 Å². The van der Waals surface area contributed by atoms with Crippen LogP contribution in [-0.2, 0) is 11.2 Å². The molecule has 0 bridgehead atoms. The molecule has 2 rings (SSSR count). The summed E-state index contributed by atoms with van der Waals surface area (Å²) in [6.45, 7) is 6.13. The molecule has 110 valence electrons. The zero-order chi connectivity index (χ0) is 15.6. The highest BCUT2D eigenvalue weighted by Gasteiger charge is 2.11. The zero-order valence-electron chi connectivity index (χ0n) is 12.2. The maximum Gasteiger partial charge on any atom is 0.328 e. The molecular formula is C16H17ClN2O2. The highest BCUT2D eigenvalue weighted by Crippen LogP contribution is 2.24. The largest absolute Gasteiger partial charge is 0.478 e. The lowest BCUT2D eigenvalue weighted by molar-refractivity contribution is -0.131. The maximum absolute atomic E-state index is 10.5. The first kappa shape index (κ1) is 15.3. The molecule has 0 fully saturated rings. The van der Waals surface area contributed by atoms with E-state index in [4.69, 9.17) is 16.7 Å². The molecule has 5 heteroatoms. The number of aliphatic carboxylic acids is 1. The highest BCUT2D eigenvalue weighted by atomic mass is 35.5. The van der Waals surface area contributed by atoms with E-state index in [1.807, 2.05) is 24.6 Å². The van der Waals surface area contributed by atoms with E-state index in [0.29, 0.717) is 10.6 Å². The van der Waals surface area contributed by atoms with Crippen molar-refractivity contribution in [1.82, 2.24) is 9.78 Å². The summed E-state index contributed by atoms with van der Waals surface area (Å²) < 4.78 is 1.87. The van der Waals surface area contributed by atoms with Gasteiger partial charge in [-0.3, -0.25) is 0 Å². The monoisotopic (exact) mass is 304 g/mol. The average Bonchev–Trinajstić information content (AvgIpc) is 2.72. The Hall–Kier alpha value is -2.07. The minimum absolute atomic E-state index is 0.496. The fourth-order valence-corrected chi connectivity index (χ4v) is 2.62. The molecule has 0 unspecified atom stereocenters. The van der Waals surface area contributed by atoms with E-state index < -0.39 is 5.97 Å². The van der Waals surface area contributed by atoms with Crippen molar-refractivity contribution in [3.8, 4) is 5.69 Å². The summed E-state index contributed by atoms with van der Waals surface area (Å²) in [5.74, 6) is -0.999. The average molecular weight is 305 g/mol. The van der Waals surface area contributed by atoms with Crippen molar-refractivity contribution in [1.29, 1.82) is 0 Å². The van der Waals surface area contributed by atoms with Gasteiger partial charge in [0.25, 0.3) is 0 Å². The van der Waals surface area contributed by atoms with Crippen LogP contribution in [0.3, 0.4) is 0 Å². The summed E-state index contributed by atoms with van der Waals surface area (Å²) in [6, 6.07) is 5.47. The molecule has 1 heterocycles. The molecule has 0 aliphatic carbocycles. The molecule has 0 radical (unpaired) electrons. The van der Waals surface area contributed by atoms with Crippen LogP contribution in [-0.4, -0.2) is 20.9 Å². The predicted molar refractivity (Wildman–Crippen MR) is 84.1 cm³/mol. The van der Waals surface area contributed by atoms with Gasteiger partial charge in [0, 0.05) is 16.8 Å². The van der Waals surface area contributed by atoms with Crippen LogP contribution in [0.5, 0.6) is 0 Å². The summed E-state index contributed by atoms with van der Waals surface area (Å²) in [6.07, 6.45) is 3.48. The van der Waals surface area contributed by atoms with Crippen LogP contribution in [0, 0.1) is 13.8 Å². The molecule has 0 saturated heterocycles. The maximum atomic E-state index is 10.5. The summed E-state index contributed by atoms with van der Waals surface area (Å²) in [4.78, 5) is 10.5. The Labute approximate surface area is 128 Å². The van der Waals surface area contributed by atoms with Crippen LogP contribution >= 0.6 is 11.6 Å². The lowest BCUT2D eigenvalue weighted by Crippen LogP contribution is -2.00. The minimum Gasteiger partial charge on any atom is -0.478 e. The number of rotatable bonds is 4. The minimum atomic E-state index is -0.999. The lowest BCUT2D eigenvalue weighted by Gasteiger charge is -2.07. The predicted octanol–water partition coefficient (Wildman–Crippen LogP) is 3.80. The Balaban J connectivity index is 2.43. The Morgan fingerprint density at radius 2 is 2.14 bits per heavy atom. The van der Waals surface area contributed by atoms with E-state index in [0.717, 1.165) is 29.6 Å². The fourth-order valence-electron chi connectivity index (χ4n) is 2.38. The van der Waals surface area contributed by atoms with Gasteiger partial charge in [0.05, 0.1) is 11.4 Å². The molecule has 4 nitrogen and oxygen atoms in total. The Kier molecular flexibility index (Phi) is 4.48. The SMILES string of the molecule is CCc1c(C)nn(-c2ccc(/C=C/C(=O)O)c(Cl)c2)c1C.